The molecule has 0 saturated carbocycles. The predicted molar refractivity (Wildman–Crippen MR) is 70.2 cm³/mol. The first kappa shape index (κ1) is 11.6. The lowest BCUT2D eigenvalue weighted by Gasteiger charge is -2.03. The maximum Gasteiger partial charge on any atom is 0.339 e. The van der Waals surface area contributed by atoms with E-state index in [-0.39, 0.29) is 5.63 Å². The van der Waals surface area contributed by atoms with Gasteiger partial charge < -0.3 is 4.42 Å². The van der Waals surface area contributed by atoms with E-state index in [1.54, 1.807) is 0 Å². The Morgan fingerprint density at radius 2 is 2.06 bits per heavy atom. The Balaban J connectivity index is 2.28. The lowest BCUT2D eigenvalue weighted by Crippen LogP contribution is -2.07. The van der Waals surface area contributed by atoms with Gasteiger partial charge in [0.25, 0.3) is 0 Å². The number of aryl methyl sites for hydroxylation is 1. The van der Waals surface area contributed by atoms with Crippen LogP contribution >= 0.6 is 0 Å². The first-order valence-electron chi connectivity index (χ1n) is 5.93. The van der Waals surface area contributed by atoms with Gasteiger partial charge in [-0.25, -0.2) is 4.79 Å². The molecule has 0 saturated heterocycles. The van der Waals surface area contributed by atoms with E-state index in [1.165, 1.54) is 6.26 Å². The highest BCUT2D eigenvalue weighted by atomic mass is 16.4. The van der Waals surface area contributed by atoms with Crippen molar-refractivity contribution in [3.05, 3.63) is 59.2 Å². The van der Waals surface area contributed by atoms with Gasteiger partial charge in [0.1, 0.15) is 6.26 Å². The summed E-state index contributed by atoms with van der Waals surface area (Å²) in [5.41, 5.74) is 0.592. The Morgan fingerprint density at radius 3 is 2.88 bits per heavy atom. The Bertz CT molecular complexity index is 566. The molecule has 0 atom stereocenters. The van der Waals surface area contributed by atoms with Gasteiger partial charge in [-0.1, -0.05) is 30.3 Å². The summed E-state index contributed by atoms with van der Waals surface area (Å²) in [6, 6.07) is 7.85. The summed E-state index contributed by atoms with van der Waals surface area (Å²) >= 11 is 0. The molecule has 0 bridgehead atoms. The van der Waals surface area contributed by atoms with Crippen molar-refractivity contribution in [1.82, 2.24) is 0 Å². The van der Waals surface area contributed by atoms with E-state index in [0.717, 1.165) is 42.0 Å². The van der Waals surface area contributed by atoms with Crippen LogP contribution in [0.25, 0.3) is 10.8 Å². The highest BCUT2D eigenvalue weighted by Gasteiger charge is 2.06. The number of unbranched alkanes of at least 4 members (excludes halogenated alkanes) is 2. The van der Waals surface area contributed by atoms with E-state index in [9.17, 15) is 4.79 Å². The minimum atomic E-state index is -0.206. The zero-order valence-corrected chi connectivity index (χ0v) is 9.82. The second kappa shape index (κ2) is 5.48. The van der Waals surface area contributed by atoms with Gasteiger partial charge >= 0.3 is 5.63 Å². The summed E-state index contributed by atoms with van der Waals surface area (Å²) in [5.74, 6) is 0. The molecule has 0 radical (unpaired) electrons. The molecule has 0 aliphatic carbocycles. The molecule has 0 amide bonds. The van der Waals surface area contributed by atoms with Crippen molar-refractivity contribution >= 4 is 10.8 Å². The lowest BCUT2D eigenvalue weighted by atomic mass is 10.0. The number of hydrogen-bond acceptors (Lipinski definition) is 2. The van der Waals surface area contributed by atoms with Crippen LogP contribution in [0.2, 0.25) is 0 Å². The molecule has 2 nitrogen and oxygen atoms in total. The van der Waals surface area contributed by atoms with Gasteiger partial charge in [-0.3, -0.25) is 0 Å². The van der Waals surface area contributed by atoms with Crippen molar-refractivity contribution in [2.45, 2.75) is 25.7 Å². The first-order valence-corrected chi connectivity index (χ1v) is 5.93. The fourth-order valence-electron chi connectivity index (χ4n) is 2.00. The Labute approximate surface area is 101 Å². The van der Waals surface area contributed by atoms with Gasteiger partial charge in [-0.05, 0) is 31.1 Å². The average Bonchev–Trinajstić information content (AvgIpc) is 2.37. The fraction of sp³-hybridized carbons (Fsp3) is 0.267. The van der Waals surface area contributed by atoms with Crippen LogP contribution in [0.15, 0.2) is 52.4 Å². The number of hydrogen-bond donors (Lipinski definition) is 0. The molecular weight excluding hydrogens is 212 g/mol. The molecule has 0 aliphatic heterocycles. The van der Waals surface area contributed by atoms with Gasteiger partial charge in [-0.15, -0.1) is 6.58 Å². The molecule has 0 unspecified atom stereocenters. The van der Waals surface area contributed by atoms with Crippen molar-refractivity contribution in [1.29, 1.82) is 0 Å². The first-order chi connectivity index (χ1) is 8.33. The Morgan fingerprint density at radius 1 is 1.24 bits per heavy atom. The maximum absolute atomic E-state index is 11.7. The molecular formula is C15H16O2. The van der Waals surface area contributed by atoms with Crippen LogP contribution < -0.4 is 5.63 Å². The summed E-state index contributed by atoms with van der Waals surface area (Å²) in [6.45, 7) is 3.69. The van der Waals surface area contributed by atoms with Gasteiger partial charge in [0, 0.05) is 10.9 Å². The molecule has 1 aromatic heterocycles. The van der Waals surface area contributed by atoms with E-state index >= 15 is 0 Å². The van der Waals surface area contributed by atoms with Gasteiger partial charge in [0.2, 0.25) is 0 Å². The van der Waals surface area contributed by atoms with Gasteiger partial charge in [-0.2, -0.15) is 0 Å². The smallest absolute Gasteiger partial charge is 0.339 e. The number of benzene rings is 1. The zero-order chi connectivity index (χ0) is 12.1. The van der Waals surface area contributed by atoms with Crippen molar-refractivity contribution in [3.63, 3.8) is 0 Å². The molecule has 2 aromatic rings. The molecule has 0 spiro atoms. The van der Waals surface area contributed by atoms with Crippen LogP contribution in [0, 0.1) is 0 Å². The lowest BCUT2D eigenvalue weighted by molar-refractivity contribution is 0.507. The summed E-state index contributed by atoms with van der Waals surface area (Å²) in [6.07, 6.45) is 7.26. The monoisotopic (exact) mass is 228 g/mol. The number of fused-ring (bicyclic) bond motifs is 1. The molecule has 2 heteroatoms. The van der Waals surface area contributed by atoms with E-state index < -0.39 is 0 Å². The summed E-state index contributed by atoms with van der Waals surface area (Å²) in [4.78, 5) is 11.7. The third kappa shape index (κ3) is 2.64. The molecule has 88 valence electrons. The summed E-state index contributed by atoms with van der Waals surface area (Å²) in [7, 11) is 0. The van der Waals surface area contributed by atoms with E-state index in [4.69, 9.17) is 4.42 Å². The average molecular weight is 228 g/mol. The third-order valence-electron chi connectivity index (χ3n) is 2.91. The topological polar surface area (TPSA) is 30.2 Å². The van der Waals surface area contributed by atoms with E-state index in [2.05, 4.69) is 6.58 Å². The number of allylic oxidation sites excluding steroid dienone is 1. The minimum Gasteiger partial charge on any atom is -0.430 e. The fourth-order valence-corrected chi connectivity index (χ4v) is 2.00. The minimum absolute atomic E-state index is 0.206. The second-order valence-electron chi connectivity index (χ2n) is 4.12. The van der Waals surface area contributed by atoms with Crippen molar-refractivity contribution < 1.29 is 4.42 Å². The molecule has 0 aliphatic rings. The molecule has 0 fully saturated rings. The Kier molecular flexibility index (Phi) is 3.76. The highest BCUT2D eigenvalue weighted by molar-refractivity contribution is 5.84. The normalized spacial score (nSPS) is 10.6. The quantitative estimate of drug-likeness (QED) is 0.577. The molecule has 1 aromatic carbocycles. The standard InChI is InChI=1S/C15H16O2/c1-2-3-4-5-10-14-13-9-7-6-8-12(13)11-17-15(14)16/h2,6-9,11H,1,3-5,10H2. The third-order valence-corrected chi connectivity index (χ3v) is 2.91. The summed E-state index contributed by atoms with van der Waals surface area (Å²) < 4.78 is 5.05. The Hall–Kier alpha value is -1.83. The second-order valence-corrected chi connectivity index (χ2v) is 4.12. The maximum atomic E-state index is 11.7. The van der Waals surface area contributed by atoms with Gasteiger partial charge in [0.15, 0.2) is 0 Å². The van der Waals surface area contributed by atoms with Crippen LogP contribution in [0.3, 0.4) is 0 Å². The molecule has 1 heterocycles. The van der Waals surface area contributed by atoms with Crippen LogP contribution in [-0.2, 0) is 6.42 Å². The molecule has 0 N–H and O–H groups in total. The SMILES string of the molecule is C=CCCCCc1c(=O)occ2ccccc12. The largest absolute Gasteiger partial charge is 0.430 e. The van der Waals surface area contributed by atoms with E-state index in [0.29, 0.717) is 0 Å². The number of rotatable bonds is 5. The van der Waals surface area contributed by atoms with E-state index in [1.807, 2.05) is 30.3 Å². The van der Waals surface area contributed by atoms with Crippen LogP contribution in [0.4, 0.5) is 0 Å². The highest BCUT2D eigenvalue weighted by Crippen LogP contribution is 2.17. The van der Waals surface area contributed by atoms with Crippen LogP contribution in [-0.4, -0.2) is 0 Å². The summed E-state index contributed by atoms with van der Waals surface area (Å²) in [5, 5.41) is 2.01. The molecule has 2 rings (SSSR count). The van der Waals surface area contributed by atoms with Gasteiger partial charge in [0.05, 0.1) is 0 Å². The van der Waals surface area contributed by atoms with Crippen molar-refractivity contribution in [3.8, 4) is 0 Å². The molecule has 17 heavy (non-hydrogen) atoms. The van der Waals surface area contributed by atoms with Crippen molar-refractivity contribution in [2.24, 2.45) is 0 Å². The van der Waals surface area contributed by atoms with Crippen LogP contribution in [0.1, 0.15) is 24.8 Å². The zero-order valence-electron chi connectivity index (χ0n) is 9.82. The van der Waals surface area contributed by atoms with Crippen molar-refractivity contribution in [2.75, 3.05) is 0 Å². The predicted octanol–water partition coefficient (Wildman–Crippen LogP) is 3.69. The van der Waals surface area contributed by atoms with Crippen LogP contribution in [0.5, 0.6) is 0 Å².